The number of aliphatic hydroxyl groups is 1. The van der Waals surface area contributed by atoms with Crippen molar-refractivity contribution in [2.24, 2.45) is 0 Å². The van der Waals surface area contributed by atoms with E-state index in [4.69, 9.17) is 0 Å². The molecule has 1 fully saturated rings. The monoisotopic (exact) mass is 239 g/mol. The van der Waals surface area contributed by atoms with E-state index in [2.05, 4.69) is 14.8 Å². The second-order valence-corrected chi connectivity index (χ2v) is 6.03. The molecule has 1 saturated heterocycles. The van der Waals surface area contributed by atoms with Crippen molar-refractivity contribution in [2.75, 3.05) is 5.75 Å². The molecule has 88 valence electrons. The maximum absolute atomic E-state index is 9.81. The van der Waals surface area contributed by atoms with Gasteiger partial charge in [0.1, 0.15) is 11.9 Å². The number of fused-ring (bicyclic) bond motifs is 1. The molecule has 0 aliphatic carbocycles. The highest BCUT2D eigenvalue weighted by Crippen LogP contribution is 2.30. The third-order valence-corrected chi connectivity index (χ3v) is 4.85. The van der Waals surface area contributed by atoms with Crippen molar-refractivity contribution in [3.63, 3.8) is 0 Å². The zero-order chi connectivity index (χ0) is 11.0. The molecule has 2 atom stereocenters. The maximum atomic E-state index is 9.81. The van der Waals surface area contributed by atoms with Crippen molar-refractivity contribution in [1.29, 1.82) is 0 Å². The first-order chi connectivity index (χ1) is 7.84. The second kappa shape index (κ2) is 4.37. The van der Waals surface area contributed by atoms with Crippen LogP contribution < -0.4 is 0 Å². The van der Waals surface area contributed by atoms with Crippen LogP contribution in [0.5, 0.6) is 0 Å². The molecule has 1 aromatic heterocycles. The largest absolute Gasteiger partial charge is 0.385 e. The number of nitrogens with zero attached hydrogens (tertiary/aromatic N) is 3. The van der Waals surface area contributed by atoms with Crippen LogP contribution in [0.15, 0.2) is 0 Å². The molecule has 1 N–H and O–H groups in total. The van der Waals surface area contributed by atoms with Crippen LogP contribution in [0.3, 0.4) is 0 Å². The van der Waals surface area contributed by atoms with Gasteiger partial charge in [0, 0.05) is 18.2 Å². The van der Waals surface area contributed by atoms with Crippen LogP contribution in [-0.2, 0) is 13.0 Å². The smallest absolute Gasteiger partial charge is 0.161 e. The highest BCUT2D eigenvalue weighted by molar-refractivity contribution is 8.00. The number of hydrogen-bond acceptors (Lipinski definition) is 4. The maximum Gasteiger partial charge on any atom is 0.161 e. The van der Waals surface area contributed by atoms with Gasteiger partial charge in [-0.15, -0.1) is 10.2 Å². The van der Waals surface area contributed by atoms with Gasteiger partial charge in [0.25, 0.3) is 0 Å². The van der Waals surface area contributed by atoms with E-state index in [1.807, 2.05) is 11.8 Å². The molecular weight excluding hydrogens is 222 g/mol. The number of aliphatic hydroxyl groups excluding tert-OH is 1. The van der Waals surface area contributed by atoms with Gasteiger partial charge in [-0.1, -0.05) is 0 Å². The predicted molar refractivity (Wildman–Crippen MR) is 63.4 cm³/mol. The van der Waals surface area contributed by atoms with Crippen molar-refractivity contribution >= 4 is 11.8 Å². The number of aromatic nitrogens is 3. The lowest BCUT2D eigenvalue weighted by Gasteiger charge is -2.20. The average Bonchev–Trinajstić information content (AvgIpc) is 2.90. The molecule has 1 aromatic rings. The topological polar surface area (TPSA) is 50.9 Å². The van der Waals surface area contributed by atoms with E-state index >= 15 is 0 Å². The fourth-order valence-corrected chi connectivity index (χ4v) is 3.84. The zero-order valence-electron chi connectivity index (χ0n) is 9.30. The minimum Gasteiger partial charge on any atom is -0.385 e. The Hall–Kier alpha value is -0.550. The molecule has 3 heterocycles. The summed E-state index contributed by atoms with van der Waals surface area (Å²) in [5.41, 5.74) is 0. The minimum absolute atomic E-state index is 0.397. The highest BCUT2D eigenvalue weighted by Gasteiger charge is 2.25. The number of rotatable bonds is 2. The molecule has 0 bridgehead atoms. The van der Waals surface area contributed by atoms with Gasteiger partial charge in [-0.25, -0.2) is 0 Å². The Kier molecular flexibility index (Phi) is 2.90. The lowest BCUT2D eigenvalue weighted by atomic mass is 10.1. The van der Waals surface area contributed by atoms with E-state index in [0.717, 1.165) is 37.5 Å². The summed E-state index contributed by atoms with van der Waals surface area (Å²) in [4.78, 5) is 0. The summed E-state index contributed by atoms with van der Waals surface area (Å²) >= 11 is 2.05. The molecule has 0 saturated carbocycles. The van der Waals surface area contributed by atoms with E-state index in [1.54, 1.807) is 0 Å². The summed E-state index contributed by atoms with van der Waals surface area (Å²) in [6.07, 6.45) is 5.12. The summed E-state index contributed by atoms with van der Waals surface area (Å²) in [7, 11) is 0. The summed E-state index contributed by atoms with van der Waals surface area (Å²) in [6, 6.07) is 0. The van der Waals surface area contributed by atoms with Crippen LogP contribution in [0, 0.1) is 0 Å². The fourth-order valence-electron chi connectivity index (χ4n) is 2.57. The standard InChI is InChI=1S/C11H17N3OS/c15-9-4-1-5-14-10(12-13-11(9)14)7-8-3-2-6-16-8/h8-9,15H,1-7H2. The van der Waals surface area contributed by atoms with Crippen LogP contribution >= 0.6 is 11.8 Å². The summed E-state index contributed by atoms with van der Waals surface area (Å²) < 4.78 is 2.13. The third-order valence-electron chi connectivity index (χ3n) is 3.45. The van der Waals surface area contributed by atoms with Crippen LogP contribution in [0.25, 0.3) is 0 Å². The molecule has 4 nitrogen and oxygen atoms in total. The third kappa shape index (κ3) is 1.86. The van der Waals surface area contributed by atoms with E-state index in [0.29, 0.717) is 5.25 Å². The molecule has 0 aromatic carbocycles. The van der Waals surface area contributed by atoms with E-state index < -0.39 is 6.10 Å². The second-order valence-electron chi connectivity index (χ2n) is 4.62. The lowest BCUT2D eigenvalue weighted by molar-refractivity contribution is 0.133. The van der Waals surface area contributed by atoms with Gasteiger partial charge in [0.05, 0.1) is 0 Å². The molecule has 2 unspecified atom stereocenters. The molecule has 5 heteroatoms. The Morgan fingerprint density at radius 3 is 3.06 bits per heavy atom. The van der Waals surface area contributed by atoms with Crippen molar-refractivity contribution in [1.82, 2.24) is 14.8 Å². The Labute approximate surface area is 99.4 Å². The van der Waals surface area contributed by atoms with E-state index in [9.17, 15) is 5.11 Å². The van der Waals surface area contributed by atoms with Gasteiger partial charge >= 0.3 is 0 Å². The molecule has 2 aliphatic heterocycles. The fraction of sp³-hybridized carbons (Fsp3) is 0.818. The molecule has 16 heavy (non-hydrogen) atoms. The first-order valence-electron chi connectivity index (χ1n) is 6.06. The van der Waals surface area contributed by atoms with Gasteiger partial charge in [-0.3, -0.25) is 0 Å². The van der Waals surface area contributed by atoms with Crippen molar-refractivity contribution < 1.29 is 5.11 Å². The van der Waals surface area contributed by atoms with Gasteiger partial charge in [0.2, 0.25) is 0 Å². The molecular formula is C11H17N3OS. The Bertz CT molecular complexity index is 373. The first kappa shape index (κ1) is 10.6. The average molecular weight is 239 g/mol. The summed E-state index contributed by atoms with van der Waals surface area (Å²) in [5.74, 6) is 3.14. The Balaban J connectivity index is 1.79. The number of hydrogen-bond donors (Lipinski definition) is 1. The van der Waals surface area contributed by atoms with Gasteiger partial charge in [-0.2, -0.15) is 11.8 Å². The number of thioether (sulfide) groups is 1. The molecule has 2 aliphatic rings. The van der Waals surface area contributed by atoms with Crippen molar-refractivity contribution in [3.8, 4) is 0 Å². The highest BCUT2D eigenvalue weighted by atomic mass is 32.2. The SMILES string of the molecule is OC1CCCn2c(CC3CCCS3)nnc21. The predicted octanol–water partition coefficient (Wildman–Crippen LogP) is 1.54. The Morgan fingerprint density at radius 1 is 1.31 bits per heavy atom. The van der Waals surface area contributed by atoms with Crippen molar-refractivity contribution in [2.45, 2.75) is 50.0 Å². The molecule has 3 rings (SSSR count). The lowest BCUT2D eigenvalue weighted by Crippen LogP contribution is -2.19. The van der Waals surface area contributed by atoms with Crippen LogP contribution in [-0.4, -0.2) is 30.9 Å². The zero-order valence-corrected chi connectivity index (χ0v) is 10.1. The van der Waals surface area contributed by atoms with Crippen LogP contribution in [0.4, 0.5) is 0 Å². The van der Waals surface area contributed by atoms with Gasteiger partial charge in [-0.05, 0) is 31.4 Å². The van der Waals surface area contributed by atoms with Crippen LogP contribution in [0.2, 0.25) is 0 Å². The van der Waals surface area contributed by atoms with Gasteiger partial charge < -0.3 is 9.67 Å². The summed E-state index contributed by atoms with van der Waals surface area (Å²) in [6.45, 7) is 0.978. The summed E-state index contributed by atoms with van der Waals surface area (Å²) in [5, 5.41) is 18.9. The van der Waals surface area contributed by atoms with E-state index in [1.165, 1.54) is 18.6 Å². The van der Waals surface area contributed by atoms with Crippen LogP contribution in [0.1, 0.15) is 43.4 Å². The quantitative estimate of drug-likeness (QED) is 0.850. The minimum atomic E-state index is -0.397. The molecule has 0 amide bonds. The Morgan fingerprint density at radius 2 is 2.25 bits per heavy atom. The first-order valence-corrected chi connectivity index (χ1v) is 7.11. The van der Waals surface area contributed by atoms with Gasteiger partial charge in [0.15, 0.2) is 5.82 Å². The molecule has 0 radical (unpaired) electrons. The normalized spacial score (nSPS) is 29.3. The van der Waals surface area contributed by atoms with E-state index in [-0.39, 0.29) is 0 Å². The molecule has 0 spiro atoms. The van der Waals surface area contributed by atoms with Crippen molar-refractivity contribution in [3.05, 3.63) is 11.6 Å².